The normalized spacial score (nSPS) is 33.1. The van der Waals surface area contributed by atoms with Crippen molar-refractivity contribution in [1.82, 2.24) is 0 Å². The Kier molecular flexibility index (Phi) is 7.18. The SMILES string of the molecule is C=COCC1CCC([CH]C2CCC(COC=C)CC2)CC1. The fraction of sp³-hybridized carbons (Fsp3) is 0.737. The van der Waals surface area contributed by atoms with Gasteiger partial charge in [-0.25, -0.2) is 0 Å². The smallest absolute Gasteiger partial charge is 0.0901 e. The van der Waals surface area contributed by atoms with E-state index >= 15 is 0 Å². The van der Waals surface area contributed by atoms with Crippen molar-refractivity contribution in [1.29, 1.82) is 0 Å². The third-order valence-corrected chi connectivity index (χ3v) is 5.23. The maximum Gasteiger partial charge on any atom is 0.0901 e. The van der Waals surface area contributed by atoms with Gasteiger partial charge in [-0.3, -0.25) is 0 Å². The van der Waals surface area contributed by atoms with Crippen LogP contribution in [0, 0.1) is 30.1 Å². The van der Waals surface area contributed by atoms with Crippen molar-refractivity contribution in [2.45, 2.75) is 51.4 Å². The van der Waals surface area contributed by atoms with Crippen LogP contribution in [0.1, 0.15) is 51.4 Å². The Morgan fingerprint density at radius 2 is 1.05 bits per heavy atom. The molecular formula is C19H31O2. The second-order valence-electron chi connectivity index (χ2n) is 6.75. The van der Waals surface area contributed by atoms with Crippen molar-refractivity contribution >= 4 is 0 Å². The summed E-state index contributed by atoms with van der Waals surface area (Å²) in [5, 5.41) is 0. The molecule has 0 atom stereocenters. The number of rotatable bonds is 8. The average Bonchev–Trinajstić information content (AvgIpc) is 2.53. The Labute approximate surface area is 130 Å². The van der Waals surface area contributed by atoms with Gasteiger partial charge in [0.05, 0.1) is 25.7 Å². The van der Waals surface area contributed by atoms with Crippen LogP contribution in [-0.2, 0) is 9.47 Å². The molecule has 0 aromatic heterocycles. The molecule has 2 fully saturated rings. The first-order valence-corrected chi connectivity index (χ1v) is 8.61. The molecule has 0 aromatic carbocycles. The van der Waals surface area contributed by atoms with E-state index in [0.717, 1.165) is 36.9 Å². The van der Waals surface area contributed by atoms with Crippen LogP contribution in [0.5, 0.6) is 0 Å². The number of ether oxygens (including phenoxy) is 2. The molecule has 0 amide bonds. The van der Waals surface area contributed by atoms with E-state index in [9.17, 15) is 0 Å². The van der Waals surface area contributed by atoms with E-state index in [1.807, 2.05) is 0 Å². The Morgan fingerprint density at radius 1 is 0.667 bits per heavy atom. The van der Waals surface area contributed by atoms with Gasteiger partial charge in [-0.2, -0.15) is 0 Å². The maximum absolute atomic E-state index is 5.34. The Bertz CT molecular complexity index is 267. The van der Waals surface area contributed by atoms with Gasteiger partial charge in [-0.15, -0.1) is 0 Å². The lowest BCUT2D eigenvalue weighted by Crippen LogP contribution is -2.23. The highest BCUT2D eigenvalue weighted by Crippen LogP contribution is 2.37. The highest BCUT2D eigenvalue weighted by atomic mass is 16.5. The molecule has 0 unspecified atom stereocenters. The quantitative estimate of drug-likeness (QED) is 0.578. The van der Waals surface area contributed by atoms with Crippen LogP contribution in [0.2, 0.25) is 0 Å². The molecule has 119 valence electrons. The summed E-state index contributed by atoms with van der Waals surface area (Å²) in [6, 6.07) is 0. The Morgan fingerprint density at radius 3 is 1.38 bits per heavy atom. The van der Waals surface area contributed by atoms with Crippen molar-refractivity contribution in [2.24, 2.45) is 23.7 Å². The fourth-order valence-corrected chi connectivity index (χ4v) is 3.89. The third-order valence-electron chi connectivity index (χ3n) is 5.23. The van der Waals surface area contributed by atoms with Gasteiger partial charge in [0.15, 0.2) is 0 Å². The molecule has 2 aliphatic rings. The highest BCUT2D eigenvalue weighted by molar-refractivity contribution is 4.89. The molecule has 0 N–H and O–H groups in total. The molecule has 0 spiro atoms. The number of hydrogen-bond donors (Lipinski definition) is 0. The third kappa shape index (κ3) is 5.76. The van der Waals surface area contributed by atoms with E-state index in [4.69, 9.17) is 9.47 Å². The molecule has 0 bridgehead atoms. The van der Waals surface area contributed by atoms with Gasteiger partial charge < -0.3 is 9.47 Å². The van der Waals surface area contributed by atoms with E-state index in [2.05, 4.69) is 19.6 Å². The highest BCUT2D eigenvalue weighted by Gasteiger charge is 2.27. The minimum atomic E-state index is 0.749. The molecule has 2 rings (SSSR count). The maximum atomic E-state index is 5.34. The first-order valence-electron chi connectivity index (χ1n) is 8.61. The summed E-state index contributed by atoms with van der Waals surface area (Å²) in [4.78, 5) is 0. The van der Waals surface area contributed by atoms with Crippen LogP contribution in [0.15, 0.2) is 25.7 Å². The van der Waals surface area contributed by atoms with Crippen molar-refractivity contribution in [2.75, 3.05) is 13.2 Å². The van der Waals surface area contributed by atoms with Crippen LogP contribution in [-0.4, -0.2) is 13.2 Å². The van der Waals surface area contributed by atoms with Crippen molar-refractivity contribution in [3.05, 3.63) is 32.1 Å². The molecule has 2 heteroatoms. The number of hydrogen-bond acceptors (Lipinski definition) is 2. The summed E-state index contributed by atoms with van der Waals surface area (Å²) in [6.07, 6.45) is 16.5. The Hall–Kier alpha value is -0.920. The molecule has 0 heterocycles. The van der Waals surface area contributed by atoms with E-state index in [-0.39, 0.29) is 0 Å². The summed E-state index contributed by atoms with van der Waals surface area (Å²) < 4.78 is 10.7. The van der Waals surface area contributed by atoms with Crippen molar-refractivity contribution in [3.8, 4) is 0 Å². The first kappa shape index (κ1) is 16.5. The summed E-state index contributed by atoms with van der Waals surface area (Å²) >= 11 is 0. The zero-order chi connectivity index (χ0) is 14.9. The molecule has 21 heavy (non-hydrogen) atoms. The molecule has 0 aliphatic heterocycles. The first-order chi connectivity index (χ1) is 10.3. The lowest BCUT2D eigenvalue weighted by atomic mass is 9.73. The topological polar surface area (TPSA) is 18.5 Å². The van der Waals surface area contributed by atoms with E-state index in [1.54, 1.807) is 12.5 Å². The molecular weight excluding hydrogens is 260 g/mol. The largest absolute Gasteiger partial charge is 0.502 e. The fourth-order valence-electron chi connectivity index (χ4n) is 3.89. The molecule has 2 saturated carbocycles. The predicted molar refractivity (Wildman–Crippen MR) is 87.5 cm³/mol. The van der Waals surface area contributed by atoms with Gasteiger partial charge in [0.2, 0.25) is 0 Å². The van der Waals surface area contributed by atoms with Gasteiger partial charge in [0.1, 0.15) is 0 Å². The average molecular weight is 291 g/mol. The lowest BCUT2D eigenvalue weighted by molar-refractivity contribution is 0.140. The van der Waals surface area contributed by atoms with Crippen molar-refractivity contribution < 1.29 is 9.47 Å². The van der Waals surface area contributed by atoms with Gasteiger partial charge in [0.25, 0.3) is 0 Å². The summed E-state index contributed by atoms with van der Waals surface area (Å²) in [5.41, 5.74) is 0. The van der Waals surface area contributed by atoms with Gasteiger partial charge >= 0.3 is 0 Å². The summed E-state index contributed by atoms with van der Waals surface area (Å²) in [6.45, 7) is 8.97. The second kappa shape index (κ2) is 9.17. The van der Waals surface area contributed by atoms with Crippen molar-refractivity contribution in [3.63, 3.8) is 0 Å². The molecule has 0 saturated heterocycles. The van der Waals surface area contributed by atoms with Crippen LogP contribution >= 0.6 is 0 Å². The standard InChI is InChI=1S/C19H31O2/c1-3-20-14-18-9-5-16(6-10-18)13-17-7-11-19(12-8-17)15-21-4-2/h3-4,13,16-19H,1-2,5-12,14-15H2. The van der Waals surface area contributed by atoms with Crippen LogP contribution in [0.4, 0.5) is 0 Å². The van der Waals surface area contributed by atoms with Gasteiger partial charge in [-0.05, 0) is 81.5 Å². The minimum Gasteiger partial charge on any atom is -0.502 e. The molecule has 1 radical (unpaired) electrons. The Balaban J connectivity index is 1.59. The molecule has 2 aliphatic carbocycles. The second-order valence-corrected chi connectivity index (χ2v) is 6.75. The lowest BCUT2D eigenvalue weighted by Gasteiger charge is -2.33. The molecule has 2 nitrogen and oxygen atoms in total. The predicted octanol–water partition coefficient (Wildman–Crippen LogP) is 5.12. The zero-order valence-corrected chi connectivity index (χ0v) is 13.3. The van der Waals surface area contributed by atoms with Crippen LogP contribution < -0.4 is 0 Å². The summed E-state index contributed by atoms with van der Waals surface area (Å²) in [7, 11) is 0. The zero-order valence-electron chi connectivity index (χ0n) is 13.3. The van der Waals surface area contributed by atoms with E-state index in [1.165, 1.54) is 51.4 Å². The minimum absolute atomic E-state index is 0.749. The van der Waals surface area contributed by atoms with Crippen LogP contribution in [0.3, 0.4) is 0 Å². The summed E-state index contributed by atoms with van der Waals surface area (Å²) in [5.74, 6) is 3.19. The van der Waals surface area contributed by atoms with Crippen LogP contribution in [0.25, 0.3) is 0 Å². The van der Waals surface area contributed by atoms with E-state index < -0.39 is 0 Å². The van der Waals surface area contributed by atoms with Gasteiger partial charge in [-0.1, -0.05) is 13.2 Å². The monoisotopic (exact) mass is 291 g/mol. The molecule has 0 aromatic rings. The van der Waals surface area contributed by atoms with E-state index in [0.29, 0.717) is 0 Å². The van der Waals surface area contributed by atoms with Gasteiger partial charge in [0, 0.05) is 0 Å².